The smallest absolute Gasteiger partial charge is 0.246 e. The Balaban J connectivity index is 1.64. The number of para-hydroxylation sites is 1. The minimum absolute atomic E-state index is 0.0759. The third kappa shape index (κ3) is 7.21. The van der Waals surface area contributed by atoms with Gasteiger partial charge in [-0.05, 0) is 42.7 Å². The average molecular weight is 554 g/mol. The largest absolute Gasteiger partial charge is 0.384 e. The summed E-state index contributed by atoms with van der Waals surface area (Å²) < 4.78 is 5.01. The molecule has 0 bridgehead atoms. The fourth-order valence-corrected chi connectivity index (χ4v) is 5.83. The van der Waals surface area contributed by atoms with Crippen molar-refractivity contribution in [3.8, 4) is 0 Å². The Bertz CT molecular complexity index is 1210. The van der Waals surface area contributed by atoms with Crippen molar-refractivity contribution in [2.24, 2.45) is 11.8 Å². The first-order valence-corrected chi connectivity index (χ1v) is 14.4. The van der Waals surface area contributed by atoms with Crippen LogP contribution in [0.1, 0.15) is 58.4 Å². The minimum Gasteiger partial charge on any atom is -0.384 e. The number of aromatic amines is 1. The zero-order valence-corrected chi connectivity index (χ0v) is 24.0. The molecule has 2 aromatic rings. The van der Waals surface area contributed by atoms with Crippen molar-refractivity contribution in [3.63, 3.8) is 0 Å². The third-order valence-corrected chi connectivity index (χ3v) is 8.15. The molecule has 0 spiro atoms. The van der Waals surface area contributed by atoms with Gasteiger partial charge in [-0.1, -0.05) is 39.0 Å². The SMILES string of the molecule is COCCC(=O)N[C@@H]1C[C@H]2C(=O)N[C@H](C(C)C)CC[C@@H](C)CC(=O)N[C@H](Cc3c[nH]c4ccccc34)C(=O)N2C1. The van der Waals surface area contributed by atoms with Crippen molar-refractivity contribution < 1.29 is 23.9 Å². The lowest BCUT2D eigenvalue weighted by Gasteiger charge is -2.30. The van der Waals surface area contributed by atoms with Crippen LogP contribution in [-0.2, 0) is 30.3 Å². The molecule has 218 valence electrons. The molecule has 2 aliphatic rings. The second kappa shape index (κ2) is 13.3. The van der Waals surface area contributed by atoms with E-state index in [4.69, 9.17) is 4.74 Å². The molecule has 10 nitrogen and oxygen atoms in total. The van der Waals surface area contributed by atoms with Crippen LogP contribution in [-0.4, -0.2) is 77.9 Å². The molecule has 2 saturated heterocycles. The van der Waals surface area contributed by atoms with Gasteiger partial charge in [0.1, 0.15) is 12.1 Å². The predicted molar refractivity (Wildman–Crippen MR) is 152 cm³/mol. The van der Waals surface area contributed by atoms with Gasteiger partial charge >= 0.3 is 0 Å². The Morgan fingerprint density at radius 2 is 1.93 bits per heavy atom. The Morgan fingerprint density at radius 1 is 1.15 bits per heavy atom. The number of carbonyl (C=O) groups is 4. The Labute approximate surface area is 236 Å². The molecule has 4 amide bonds. The molecule has 2 fully saturated rings. The quantitative estimate of drug-likeness (QED) is 0.418. The standard InChI is InChI=1S/C30H43N5O5/c1-18(2)23-10-9-19(3)13-28(37)33-25(14-20-16-31-24-8-6-5-7-22(20)24)30(39)35-17-21(15-26(35)29(38)34-23)32-27(36)11-12-40-4/h5-8,16,18-19,21,23,25-26,31H,9-15,17H2,1-4H3,(H,32,36)(H,33,37)(H,34,38)/t19-,21-,23+,25-,26+/m1/s1. The summed E-state index contributed by atoms with van der Waals surface area (Å²) in [5, 5.41) is 10.2. The molecule has 2 aliphatic heterocycles. The topological polar surface area (TPSA) is 133 Å². The van der Waals surface area contributed by atoms with Crippen LogP contribution in [0.4, 0.5) is 0 Å². The zero-order valence-electron chi connectivity index (χ0n) is 24.0. The normalized spacial score (nSPS) is 26.5. The van der Waals surface area contributed by atoms with Crippen molar-refractivity contribution in [2.75, 3.05) is 20.3 Å². The first-order valence-electron chi connectivity index (χ1n) is 14.4. The van der Waals surface area contributed by atoms with Gasteiger partial charge in [0.25, 0.3) is 0 Å². The van der Waals surface area contributed by atoms with E-state index in [-0.39, 0.29) is 66.9 Å². The van der Waals surface area contributed by atoms with Gasteiger partial charge in [0.05, 0.1) is 6.61 Å². The number of rotatable bonds is 7. The van der Waals surface area contributed by atoms with Gasteiger partial charge in [0, 0.05) is 62.1 Å². The maximum atomic E-state index is 14.2. The Hall–Kier alpha value is -3.40. The molecule has 10 heteroatoms. The highest BCUT2D eigenvalue weighted by molar-refractivity contribution is 5.94. The maximum Gasteiger partial charge on any atom is 0.246 e. The number of benzene rings is 1. The second-order valence-corrected chi connectivity index (χ2v) is 11.7. The summed E-state index contributed by atoms with van der Waals surface area (Å²) in [7, 11) is 1.53. The molecule has 0 radical (unpaired) electrons. The van der Waals surface area contributed by atoms with Gasteiger partial charge < -0.3 is 30.6 Å². The van der Waals surface area contributed by atoms with E-state index in [2.05, 4.69) is 34.8 Å². The van der Waals surface area contributed by atoms with Gasteiger partial charge in [-0.15, -0.1) is 0 Å². The van der Waals surface area contributed by atoms with E-state index in [0.29, 0.717) is 19.4 Å². The first-order chi connectivity index (χ1) is 19.2. The summed E-state index contributed by atoms with van der Waals surface area (Å²) in [4.78, 5) is 58.3. The minimum atomic E-state index is -0.848. The molecule has 1 aromatic heterocycles. The summed E-state index contributed by atoms with van der Waals surface area (Å²) >= 11 is 0. The lowest BCUT2D eigenvalue weighted by Crippen LogP contribution is -2.55. The molecule has 0 saturated carbocycles. The first kappa shape index (κ1) is 29.6. The molecule has 3 heterocycles. The molecule has 0 unspecified atom stereocenters. The van der Waals surface area contributed by atoms with Crippen LogP contribution < -0.4 is 16.0 Å². The van der Waals surface area contributed by atoms with E-state index in [9.17, 15) is 19.2 Å². The molecule has 1 aromatic carbocycles. The van der Waals surface area contributed by atoms with Crippen molar-refractivity contribution in [1.29, 1.82) is 0 Å². The van der Waals surface area contributed by atoms with Gasteiger partial charge in [0.15, 0.2) is 0 Å². The van der Waals surface area contributed by atoms with Gasteiger partial charge in [-0.3, -0.25) is 19.2 Å². The number of amides is 4. The van der Waals surface area contributed by atoms with E-state index in [0.717, 1.165) is 29.3 Å². The molecule has 40 heavy (non-hydrogen) atoms. The summed E-state index contributed by atoms with van der Waals surface area (Å²) in [6.45, 7) is 6.64. The summed E-state index contributed by atoms with van der Waals surface area (Å²) in [5.74, 6) is -0.600. The number of carbonyl (C=O) groups excluding carboxylic acids is 4. The van der Waals surface area contributed by atoms with Gasteiger partial charge in [0.2, 0.25) is 23.6 Å². The van der Waals surface area contributed by atoms with E-state index < -0.39 is 12.1 Å². The molecule has 4 N–H and O–H groups in total. The van der Waals surface area contributed by atoms with Crippen LogP contribution in [0.3, 0.4) is 0 Å². The number of methoxy groups -OCH3 is 1. The number of nitrogens with zero attached hydrogens (tertiary/aromatic N) is 1. The Kier molecular flexibility index (Phi) is 9.84. The second-order valence-electron chi connectivity index (χ2n) is 11.7. The lowest BCUT2D eigenvalue weighted by atomic mass is 9.92. The summed E-state index contributed by atoms with van der Waals surface area (Å²) in [5.41, 5.74) is 1.86. The summed E-state index contributed by atoms with van der Waals surface area (Å²) in [6.07, 6.45) is 4.49. The van der Waals surface area contributed by atoms with E-state index in [1.54, 1.807) is 4.90 Å². The van der Waals surface area contributed by atoms with Crippen molar-refractivity contribution in [2.45, 2.75) is 83.5 Å². The van der Waals surface area contributed by atoms with Crippen molar-refractivity contribution in [1.82, 2.24) is 25.8 Å². The highest BCUT2D eigenvalue weighted by Crippen LogP contribution is 2.25. The molecule has 5 atom stereocenters. The average Bonchev–Trinajstić information content (AvgIpc) is 3.52. The molecular weight excluding hydrogens is 510 g/mol. The fraction of sp³-hybridized carbons (Fsp3) is 0.600. The Morgan fingerprint density at radius 3 is 2.67 bits per heavy atom. The van der Waals surface area contributed by atoms with Crippen molar-refractivity contribution >= 4 is 34.5 Å². The van der Waals surface area contributed by atoms with Gasteiger partial charge in [-0.2, -0.15) is 0 Å². The molecule has 0 aliphatic carbocycles. The monoisotopic (exact) mass is 553 g/mol. The number of H-pyrrole nitrogens is 1. The van der Waals surface area contributed by atoms with Crippen LogP contribution >= 0.6 is 0 Å². The molecule has 4 rings (SSSR count). The van der Waals surface area contributed by atoms with E-state index >= 15 is 0 Å². The number of ether oxygens (including phenoxy) is 1. The predicted octanol–water partition coefficient (Wildman–Crippen LogP) is 2.28. The number of hydrogen-bond acceptors (Lipinski definition) is 5. The lowest BCUT2D eigenvalue weighted by molar-refractivity contribution is -0.141. The molecular formula is C30H43N5O5. The maximum absolute atomic E-state index is 14.2. The van der Waals surface area contributed by atoms with E-state index in [1.165, 1.54) is 7.11 Å². The van der Waals surface area contributed by atoms with Crippen LogP contribution in [0.5, 0.6) is 0 Å². The van der Waals surface area contributed by atoms with Gasteiger partial charge in [-0.25, -0.2) is 0 Å². The number of hydrogen-bond donors (Lipinski definition) is 4. The third-order valence-electron chi connectivity index (χ3n) is 8.15. The summed E-state index contributed by atoms with van der Waals surface area (Å²) in [6, 6.07) is 5.78. The number of nitrogens with one attached hydrogen (secondary N) is 4. The fourth-order valence-electron chi connectivity index (χ4n) is 5.83. The highest BCUT2D eigenvalue weighted by atomic mass is 16.5. The zero-order chi connectivity index (χ0) is 28.8. The van der Waals surface area contributed by atoms with Crippen LogP contribution in [0.2, 0.25) is 0 Å². The van der Waals surface area contributed by atoms with Crippen LogP contribution in [0.15, 0.2) is 30.5 Å². The van der Waals surface area contributed by atoms with E-state index in [1.807, 2.05) is 37.4 Å². The van der Waals surface area contributed by atoms with Crippen LogP contribution in [0, 0.1) is 11.8 Å². The van der Waals surface area contributed by atoms with Crippen LogP contribution in [0.25, 0.3) is 10.9 Å². The number of fused-ring (bicyclic) bond motifs is 2. The number of aromatic nitrogens is 1. The van der Waals surface area contributed by atoms with Crippen molar-refractivity contribution in [3.05, 3.63) is 36.0 Å². The highest BCUT2D eigenvalue weighted by Gasteiger charge is 2.43.